The number of nitrogens with zero attached hydrogens (tertiary/aromatic N) is 2. The van der Waals surface area contributed by atoms with Crippen LogP contribution in [0, 0.1) is 17.6 Å². The molecule has 1 atom stereocenters. The van der Waals surface area contributed by atoms with E-state index in [1.54, 1.807) is 29.2 Å². The van der Waals surface area contributed by atoms with Crippen molar-refractivity contribution in [2.45, 2.75) is 32.9 Å². The molecule has 0 fully saturated rings. The van der Waals surface area contributed by atoms with Gasteiger partial charge in [0, 0.05) is 24.4 Å². The number of carbonyl (C=O) groups excluding carboxylic acids is 1. The van der Waals surface area contributed by atoms with Gasteiger partial charge in [0.05, 0.1) is 12.3 Å². The lowest BCUT2D eigenvalue weighted by atomic mass is 10.0. The van der Waals surface area contributed by atoms with E-state index in [4.69, 9.17) is 4.84 Å². The first-order chi connectivity index (χ1) is 12.9. The van der Waals surface area contributed by atoms with Gasteiger partial charge in [0.25, 0.3) is 0 Å². The van der Waals surface area contributed by atoms with E-state index in [1.165, 1.54) is 24.3 Å². The summed E-state index contributed by atoms with van der Waals surface area (Å²) in [5, 5.41) is 4.06. The fourth-order valence-electron chi connectivity index (χ4n) is 3.06. The number of rotatable bonds is 6. The minimum Gasteiger partial charge on any atom is -0.390 e. The highest BCUT2D eigenvalue weighted by atomic mass is 19.1. The Morgan fingerprint density at radius 2 is 1.89 bits per heavy atom. The highest BCUT2D eigenvalue weighted by molar-refractivity contribution is 6.01. The number of amides is 1. The van der Waals surface area contributed by atoms with Gasteiger partial charge in [-0.15, -0.1) is 0 Å². The number of carbonyl (C=O) groups is 1. The maximum absolute atomic E-state index is 13.5. The zero-order valence-corrected chi connectivity index (χ0v) is 15.4. The lowest BCUT2D eigenvalue weighted by Gasteiger charge is -2.26. The molecule has 1 amide bonds. The van der Waals surface area contributed by atoms with Crippen LogP contribution in [0.3, 0.4) is 0 Å². The normalized spacial score (nSPS) is 16.2. The Morgan fingerprint density at radius 1 is 1.19 bits per heavy atom. The van der Waals surface area contributed by atoms with Crippen molar-refractivity contribution in [2.24, 2.45) is 11.1 Å². The van der Waals surface area contributed by atoms with E-state index in [2.05, 4.69) is 5.16 Å². The fraction of sp³-hybridized carbons (Fsp3) is 0.333. The predicted octanol–water partition coefficient (Wildman–Crippen LogP) is 4.14. The third-order valence-electron chi connectivity index (χ3n) is 4.38. The van der Waals surface area contributed by atoms with Crippen molar-refractivity contribution in [2.75, 3.05) is 6.54 Å². The van der Waals surface area contributed by atoms with Crippen LogP contribution in [-0.2, 0) is 16.2 Å². The SMILES string of the molecule is CC(C)C(=O)N(Cc1cccc(F)c1)CC1CC(c2cccc(F)c2)=NO1. The average Bonchev–Trinajstić information content (AvgIpc) is 3.09. The molecule has 1 aliphatic heterocycles. The van der Waals surface area contributed by atoms with Crippen LogP contribution >= 0.6 is 0 Å². The number of hydrogen-bond donors (Lipinski definition) is 0. The predicted molar refractivity (Wildman–Crippen MR) is 99.1 cm³/mol. The molecule has 1 unspecified atom stereocenters. The van der Waals surface area contributed by atoms with Crippen molar-refractivity contribution in [1.29, 1.82) is 0 Å². The van der Waals surface area contributed by atoms with E-state index in [0.717, 1.165) is 0 Å². The molecule has 0 bridgehead atoms. The highest BCUT2D eigenvalue weighted by Crippen LogP contribution is 2.20. The van der Waals surface area contributed by atoms with Crippen LogP contribution in [0.2, 0.25) is 0 Å². The molecule has 0 saturated carbocycles. The quantitative estimate of drug-likeness (QED) is 0.765. The largest absolute Gasteiger partial charge is 0.390 e. The van der Waals surface area contributed by atoms with Gasteiger partial charge in [-0.25, -0.2) is 8.78 Å². The maximum Gasteiger partial charge on any atom is 0.225 e. The molecule has 142 valence electrons. The number of benzene rings is 2. The second-order valence-electron chi connectivity index (χ2n) is 6.98. The van der Waals surface area contributed by atoms with E-state index in [0.29, 0.717) is 36.3 Å². The lowest BCUT2D eigenvalue weighted by Crippen LogP contribution is -2.39. The van der Waals surface area contributed by atoms with Gasteiger partial charge in [0.2, 0.25) is 5.91 Å². The molecule has 0 aromatic heterocycles. The standard InChI is InChI=1S/C21H22F2N2O2/c1-14(2)21(26)25(12-15-5-3-7-17(22)9-15)13-19-11-20(24-27-19)16-6-4-8-18(23)10-16/h3-10,14,19H,11-13H2,1-2H3. The molecule has 3 rings (SSSR count). The zero-order valence-electron chi connectivity index (χ0n) is 15.4. The summed E-state index contributed by atoms with van der Waals surface area (Å²) >= 11 is 0. The molecule has 27 heavy (non-hydrogen) atoms. The molecule has 0 aliphatic carbocycles. The van der Waals surface area contributed by atoms with Gasteiger partial charge in [-0.1, -0.05) is 43.3 Å². The minimum absolute atomic E-state index is 0.0398. The molecular formula is C21H22F2N2O2. The number of halogens is 2. The summed E-state index contributed by atoms with van der Waals surface area (Å²) in [6, 6.07) is 12.4. The minimum atomic E-state index is -0.335. The van der Waals surface area contributed by atoms with Gasteiger partial charge in [-0.05, 0) is 29.8 Å². The first kappa shape index (κ1) is 19.0. The third-order valence-corrected chi connectivity index (χ3v) is 4.38. The zero-order chi connectivity index (χ0) is 19.4. The summed E-state index contributed by atoms with van der Waals surface area (Å²) in [7, 11) is 0. The van der Waals surface area contributed by atoms with Crippen LogP contribution in [0.15, 0.2) is 53.7 Å². The van der Waals surface area contributed by atoms with Gasteiger partial charge >= 0.3 is 0 Å². The Bertz CT molecular complexity index is 852. The van der Waals surface area contributed by atoms with Gasteiger partial charge in [0.1, 0.15) is 11.6 Å². The summed E-state index contributed by atoms with van der Waals surface area (Å²) in [6.45, 7) is 4.27. The molecule has 0 radical (unpaired) electrons. The molecule has 0 spiro atoms. The van der Waals surface area contributed by atoms with Crippen molar-refractivity contribution < 1.29 is 18.4 Å². The van der Waals surface area contributed by atoms with Crippen LogP contribution in [0.4, 0.5) is 8.78 Å². The molecule has 1 heterocycles. The Hall–Kier alpha value is -2.76. The molecule has 1 aliphatic rings. The molecule has 4 nitrogen and oxygen atoms in total. The van der Waals surface area contributed by atoms with Crippen LogP contribution in [0.25, 0.3) is 0 Å². The van der Waals surface area contributed by atoms with Crippen LogP contribution in [0.1, 0.15) is 31.4 Å². The van der Waals surface area contributed by atoms with Crippen LogP contribution < -0.4 is 0 Å². The third kappa shape index (κ3) is 4.90. The van der Waals surface area contributed by atoms with Crippen LogP contribution in [-0.4, -0.2) is 29.2 Å². The second-order valence-corrected chi connectivity index (χ2v) is 6.98. The van der Waals surface area contributed by atoms with E-state index < -0.39 is 0 Å². The Labute approximate surface area is 157 Å². The van der Waals surface area contributed by atoms with Gasteiger partial charge in [-0.3, -0.25) is 4.79 Å². The molecule has 0 saturated heterocycles. The molecule has 6 heteroatoms. The molecule has 2 aromatic carbocycles. The Morgan fingerprint density at radius 3 is 2.56 bits per heavy atom. The average molecular weight is 372 g/mol. The highest BCUT2D eigenvalue weighted by Gasteiger charge is 2.28. The summed E-state index contributed by atoms with van der Waals surface area (Å²) in [4.78, 5) is 19.7. The van der Waals surface area contributed by atoms with Gasteiger partial charge in [0.15, 0.2) is 6.10 Å². The van der Waals surface area contributed by atoms with E-state index in [9.17, 15) is 13.6 Å². The molecule has 2 aromatic rings. The van der Waals surface area contributed by atoms with Crippen molar-refractivity contribution in [1.82, 2.24) is 4.90 Å². The first-order valence-electron chi connectivity index (χ1n) is 8.94. The summed E-state index contributed by atoms with van der Waals surface area (Å²) in [5.41, 5.74) is 2.04. The Balaban J connectivity index is 1.69. The van der Waals surface area contributed by atoms with Gasteiger partial charge < -0.3 is 9.74 Å². The van der Waals surface area contributed by atoms with Crippen molar-refractivity contribution in [3.8, 4) is 0 Å². The smallest absolute Gasteiger partial charge is 0.225 e. The maximum atomic E-state index is 13.5. The monoisotopic (exact) mass is 372 g/mol. The number of hydrogen-bond acceptors (Lipinski definition) is 3. The summed E-state index contributed by atoms with van der Waals surface area (Å²) < 4.78 is 26.9. The van der Waals surface area contributed by atoms with Crippen LogP contribution in [0.5, 0.6) is 0 Å². The first-order valence-corrected chi connectivity index (χ1v) is 8.94. The summed E-state index contributed by atoms with van der Waals surface area (Å²) in [5.74, 6) is -0.898. The fourth-order valence-corrected chi connectivity index (χ4v) is 3.06. The van der Waals surface area contributed by atoms with Crippen molar-refractivity contribution >= 4 is 11.6 Å². The van der Waals surface area contributed by atoms with E-state index in [-0.39, 0.29) is 29.6 Å². The second kappa shape index (κ2) is 8.29. The van der Waals surface area contributed by atoms with E-state index >= 15 is 0 Å². The molecule has 0 N–H and O–H groups in total. The summed E-state index contributed by atoms with van der Waals surface area (Å²) in [6.07, 6.45) is 0.161. The van der Waals surface area contributed by atoms with Crippen molar-refractivity contribution in [3.05, 3.63) is 71.3 Å². The molecular weight excluding hydrogens is 350 g/mol. The number of oxime groups is 1. The van der Waals surface area contributed by atoms with Gasteiger partial charge in [-0.2, -0.15) is 0 Å². The van der Waals surface area contributed by atoms with Crippen molar-refractivity contribution in [3.63, 3.8) is 0 Å². The topological polar surface area (TPSA) is 41.9 Å². The van der Waals surface area contributed by atoms with E-state index in [1.807, 2.05) is 13.8 Å². The Kier molecular flexibility index (Phi) is 5.84. The lowest BCUT2D eigenvalue weighted by molar-refractivity contribution is -0.137.